The Morgan fingerprint density at radius 2 is 1.58 bits per heavy atom. The molecule has 0 spiro atoms. The Morgan fingerprint density at radius 1 is 0.871 bits per heavy atom. The SMILES string of the molecule is CCCCc1ccc(N2C(=O)C(Nc3ccc(CC)cc3)=C(c3cccs3)C2=O)cc1. The van der Waals surface area contributed by atoms with Gasteiger partial charge in [0.05, 0.1) is 11.3 Å². The van der Waals surface area contributed by atoms with Gasteiger partial charge in [0.15, 0.2) is 0 Å². The summed E-state index contributed by atoms with van der Waals surface area (Å²) in [6.45, 7) is 4.27. The van der Waals surface area contributed by atoms with E-state index in [4.69, 9.17) is 0 Å². The molecule has 2 heterocycles. The number of thiophene rings is 1. The number of carbonyl (C=O) groups is 2. The maximum Gasteiger partial charge on any atom is 0.282 e. The summed E-state index contributed by atoms with van der Waals surface area (Å²) in [5.41, 5.74) is 4.57. The van der Waals surface area contributed by atoms with Crippen molar-refractivity contribution in [3.05, 3.63) is 87.7 Å². The summed E-state index contributed by atoms with van der Waals surface area (Å²) < 4.78 is 0. The fourth-order valence-corrected chi connectivity index (χ4v) is 4.46. The van der Waals surface area contributed by atoms with Gasteiger partial charge < -0.3 is 5.32 Å². The molecular formula is C26H26N2O2S. The van der Waals surface area contributed by atoms with Gasteiger partial charge in [-0.15, -0.1) is 11.3 Å². The van der Waals surface area contributed by atoms with Crippen molar-refractivity contribution in [3.8, 4) is 0 Å². The topological polar surface area (TPSA) is 49.4 Å². The van der Waals surface area contributed by atoms with Crippen LogP contribution in [0.3, 0.4) is 0 Å². The number of rotatable bonds is 8. The maximum absolute atomic E-state index is 13.4. The first-order chi connectivity index (χ1) is 15.1. The quantitative estimate of drug-likeness (QED) is 0.443. The van der Waals surface area contributed by atoms with Crippen molar-refractivity contribution in [2.45, 2.75) is 39.5 Å². The van der Waals surface area contributed by atoms with E-state index in [2.05, 4.69) is 19.2 Å². The van der Waals surface area contributed by atoms with E-state index in [1.807, 2.05) is 66.0 Å². The van der Waals surface area contributed by atoms with Gasteiger partial charge in [0.1, 0.15) is 5.70 Å². The van der Waals surface area contributed by atoms with Crippen molar-refractivity contribution >= 4 is 40.1 Å². The third kappa shape index (κ3) is 4.32. The summed E-state index contributed by atoms with van der Waals surface area (Å²) in [4.78, 5) is 28.8. The molecule has 158 valence electrons. The Hall–Kier alpha value is -3.18. The molecule has 1 N–H and O–H groups in total. The summed E-state index contributed by atoms with van der Waals surface area (Å²) in [6.07, 6.45) is 4.20. The van der Waals surface area contributed by atoms with Crippen LogP contribution in [0, 0.1) is 0 Å². The van der Waals surface area contributed by atoms with Crippen molar-refractivity contribution < 1.29 is 9.59 Å². The molecule has 0 saturated heterocycles. The van der Waals surface area contributed by atoms with Crippen LogP contribution in [0.15, 0.2) is 71.7 Å². The van der Waals surface area contributed by atoms with Gasteiger partial charge in [0.2, 0.25) is 0 Å². The predicted molar refractivity (Wildman–Crippen MR) is 128 cm³/mol. The number of amides is 2. The van der Waals surface area contributed by atoms with Crippen molar-refractivity contribution in [3.63, 3.8) is 0 Å². The van der Waals surface area contributed by atoms with Crippen molar-refractivity contribution in [1.29, 1.82) is 0 Å². The van der Waals surface area contributed by atoms with Gasteiger partial charge in [-0.05, 0) is 66.1 Å². The minimum atomic E-state index is -0.325. The molecule has 4 rings (SSSR count). The molecule has 1 aromatic heterocycles. The summed E-state index contributed by atoms with van der Waals surface area (Å²) >= 11 is 1.46. The van der Waals surface area contributed by atoms with Gasteiger partial charge in [0.25, 0.3) is 11.8 Å². The Kier molecular flexibility index (Phi) is 6.33. The number of aryl methyl sites for hydroxylation is 2. The first kappa shape index (κ1) is 21.1. The molecule has 0 saturated carbocycles. The second-order valence-electron chi connectivity index (χ2n) is 7.62. The lowest BCUT2D eigenvalue weighted by Crippen LogP contribution is -2.32. The third-order valence-electron chi connectivity index (χ3n) is 5.50. The minimum absolute atomic E-state index is 0.290. The Labute approximate surface area is 187 Å². The van der Waals surface area contributed by atoms with Gasteiger partial charge in [-0.2, -0.15) is 0 Å². The second kappa shape index (κ2) is 9.31. The average Bonchev–Trinajstić information content (AvgIpc) is 3.40. The Morgan fingerprint density at radius 3 is 2.19 bits per heavy atom. The van der Waals surface area contributed by atoms with Crippen LogP contribution in [0.2, 0.25) is 0 Å². The lowest BCUT2D eigenvalue weighted by molar-refractivity contribution is -0.120. The molecule has 5 heteroatoms. The van der Waals surface area contributed by atoms with Crippen LogP contribution in [-0.2, 0) is 22.4 Å². The molecule has 4 nitrogen and oxygen atoms in total. The Balaban J connectivity index is 1.67. The Bertz CT molecular complexity index is 1100. The molecular weight excluding hydrogens is 404 g/mol. The fourth-order valence-electron chi connectivity index (χ4n) is 3.69. The number of hydrogen-bond donors (Lipinski definition) is 1. The zero-order valence-corrected chi connectivity index (χ0v) is 18.7. The highest BCUT2D eigenvalue weighted by Crippen LogP contribution is 2.35. The molecule has 1 aliphatic heterocycles. The monoisotopic (exact) mass is 430 g/mol. The molecule has 31 heavy (non-hydrogen) atoms. The highest BCUT2D eigenvalue weighted by atomic mass is 32.1. The largest absolute Gasteiger partial charge is 0.350 e. The van der Waals surface area contributed by atoms with E-state index in [0.29, 0.717) is 17.0 Å². The molecule has 0 radical (unpaired) electrons. The molecule has 2 amide bonds. The molecule has 0 aliphatic carbocycles. The zero-order valence-electron chi connectivity index (χ0n) is 17.9. The van der Waals surface area contributed by atoms with E-state index in [1.54, 1.807) is 0 Å². The average molecular weight is 431 g/mol. The van der Waals surface area contributed by atoms with E-state index in [1.165, 1.54) is 27.4 Å². The van der Waals surface area contributed by atoms with Crippen molar-refractivity contribution in [2.24, 2.45) is 0 Å². The number of hydrogen-bond acceptors (Lipinski definition) is 4. The smallest absolute Gasteiger partial charge is 0.282 e. The number of nitrogens with one attached hydrogen (secondary N) is 1. The van der Waals surface area contributed by atoms with Crippen LogP contribution < -0.4 is 10.2 Å². The van der Waals surface area contributed by atoms with Gasteiger partial charge in [-0.1, -0.05) is 50.6 Å². The van der Waals surface area contributed by atoms with E-state index < -0.39 is 0 Å². The summed E-state index contributed by atoms with van der Waals surface area (Å²) in [5, 5.41) is 5.14. The standard InChI is InChI=1S/C26H26N2O2S/c1-3-5-7-19-11-15-21(16-12-19)28-25(29)23(22-8-6-17-31-22)24(26(28)30)27-20-13-9-18(4-2)10-14-20/h6,8-17,27H,3-5,7H2,1-2H3. The number of nitrogens with zero attached hydrogens (tertiary/aromatic N) is 1. The van der Waals surface area contributed by atoms with Crippen molar-refractivity contribution in [2.75, 3.05) is 10.2 Å². The van der Waals surface area contributed by atoms with E-state index in [-0.39, 0.29) is 11.8 Å². The zero-order chi connectivity index (χ0) is 21.8. The third-order valence-corrected chi connectivity index (χ3v) is 6.38. The highest BCUT2D eigenvalue weighted by Gasteiger charge is 2.40. The lowest BCUT2D eigenvalue weighted by Gasteiger charge is -2.16. The van der Waals surface area contributed by atoms with Gasteiger partial charge in [0, 0.05) is 10.6 Å². The van der Waals surface area contributed by atoms with Gasteiger partial charge in [-0.3, -0.25) is 9.59 Å². The first-order valence-electron chi connectivity index (χ1n) is 10.7. The van der Waals surface area contributed by atoms with E-state index in [9.17, 15) is 9.59 Å². The number of benzene rings is 2. The van der Waals surface area contributed by atoms with E-state index in [0.717, 1.165) is 36.2 Å². The minimum Gasteiger partial charge on any atom is -0.350 e. The number of imide groups is 1. The van der Waals surface area contributed by atoms with Crippen LogP contribution in [0.4, 0.5) is 11.4 Å². The fraction of sp³-hybridized carbons (Fsp3) is 0.231. The molecule has 0 bridgehead atoms. The van der Waals surface area contributed by atoms with Crippen molar-refractivity contribution in [1.82, 2.24) is 0 Å². The summed E-state index contributed by atoms with van der Waals surface area (Å²) in [7, 11) is 0. The molecule has 0 fully saturated rings. The molecule has 0 unspecified atom stereocenters. The van der Waals surface area contributed by atoms with Crippen LogP contribution in [-0.4, -0.2) is 11.8 Å². The van der Waals surface area contributed by atoms with E-state index >= 15 is 0 Å². The second-order valence-corrected chi connectivity index (χ2v) is 8.57. The molecule has 3 aromatic rings. The van der Waals surface area contributed by atoms with Crippen LogP contribution in [0.25, 0.3) is 5.57 Å². The number of unbranched alkanes of at least 4 members (excludes halogenated alkanes) is 1. The normalized spacial score (nSPS) is 13.9. The molecule has 2 aromatic carbocycles. The first-order valence-corrected chi connectivity index (χ1v) is 11.6. The maximum atomic E-state index is 13.4. The molecule has 1 aliphatic rings. The van der Waals surface area contributed by atoms with Gasteiger partial charge in [-0.25, -0.2) is 4.90 Å². The molecule has 0 atom stereocenters. The van der Waals surface area contributed by atoms with Crippen LogP contribution in [0.5, 0.6) is 0 Å². The highest BCUT2D eigenvalue weighted by molar-refractivity contribution is 7.11. The predicted octanol–water partition coefficient (Wildman–Crippen LogP) is 6.05. The number of carbonyl (C=O) groups excluding carboxylic acids is 2. The summed E-state index contributed by atoms with van der Waals surface area (Å²) in [6, 6.07) is 19.5. The van der Waals surface area contributed by atoms with Gasteiger partial charge >= 0.3 is 0 Å². The van der Waals surface area contributed by atoms with Crippen LogP contribution >= 0.6 is 11.3 Å². The summed E-state index contributed by atoms with van der Waals surface area (Å²) in [5.74, 6) is -0.615. The number of anilines is 2. The van der Waals surface area contributed by atoms with Crippen LogP contribution in [0.1, 0.15) is 42.7 Å². The lowest BCUT2D eigenvalue weighted by atomic mass is 10.1.